The minimum absolute atomic E-state index is 0.783. The highest BCUT2D eigenvalue weighted by Gasteiger charge is 2.22. The second-order valence-electron chi connectivity index (χ2n) is 6.69. The normalized spacial score (nSPS) is 24.1. The van der Waals surface area contributed by atoms with Crippen LogP contribution in [0.15, 0.2) is 6.20 Å². The summed E-state index contributed by atoms with van der Waals surface area (Å²) in [4.78, 5) is 8.55. The Kier molecular flexibility index (Phi) is 4.61. The van der Waals surface area contributed by atoms with Crippen molar-refractivity contribution in [1.29, 1.82) is 0 Å². The van der Waals surface area contributed by atoms with E-state index in [-0.39, 0.29) is 0 Å². The molecule has 3 rings (SSSR count). The first-order valence-corrected chi connectivity index (χ1v) is 8.97. The van der Waals surface area contributed by atoms with Crippen molar-refractivity contribution in [3.63, 3.8) is 0 Å². The lowest BCUT2D eigenvalue weighted by Crippen LogP contribution is -2.24. The molecule has 112 valence electrons. The van der Waals surface area contributed by atoms with E-state index < -0.39 is 0 Å². The van der Waals surface area contributed by atoms with Gasteiger partial charge < -0.3 is 10.2 Å². The van der Waals surface area contributed by atoms with Gasteiger partial charge in [0.05, 0.1) is 0 Å². The van der Waals surface area contributed by atoms with Crippen LogP contribution in [0, 0.1) is 11.8 Å². The smallest absolute Gasteiger partial charge is 0.185 e. The third kappa shape index (κ3) is 3.73. The highest BCUT2D eigenvalue weighted by atomic mass is 32.1. The molecular formula is C16H27N3S. The molecule has 4 heteroatoms. The van der Waals surface area contributed by atoms with Crippen LogP contribution in [0.4, 0.5) is 5.13 Å². The highest BCUT2D eigenvalue weighted by Crippen LogP contribution is 2.30. The molecule has 20 heavy (non-hydrogen) atoms. The van der Waals surface area contributed by atoms with Gasteiger partial charge in [0.1, 0.15) is 0 Å². The van der Waals surface area contributed by atoms with Crippen molar-refractivity contribution in [2.45, 2.75) is 58.5 Å². The molecule has 1 aromatic heterocycles. The van der Waals surface area contributed by atoms with Gasteiger partial charge in [0.15, 0.2) is 5.13 Å². The molecule has 1 aliphatic carbocycles. The molecule has 2 aliphatic rings. The maximum absolute atomic E-state index is 4.65. The van der Waals surface area contributed by atoms with Crippen molar-refractivity contribution in [3.05, 3.63) is 11.1 Å². The Hall–Kier alpha value is -0.610. The van der Waals surface area contributed by atoms with E-state index in [2.05, 4.69) is 35.2 Å². The number of hydrogen-bond donors (Lipinski definition) is 1. The van der Waals surface area contributed by atoms with Crippen molar-refractivity contribution in [3.8, 4) is 0 Å². The van der Waals surface area contributed by atoms with Crippen LogP contribution in [0.5, 0.6) is 0 Å². The van der Waals surface area contributed by atoms with Crippen LogP contribution >= 0.6 is 11.3 Å². The molecule has 1 atom stereocenters. The number of nitrogens with one attached hydrogen (secondary N) is 1. The number of hydrogen-bond acceptors (Lipinski definition) is 4. The Morgan fingerprint density at radius 3 is 2.90 bits per heavy atom. The number of thiazole rings is 1. The van der Waals surface area contributed by atoms with Crippen LogP contribution in [-0.4, -0.2) is 24.1 Å². The first kappa shape index (κ1) is 14.3. The molecule has 3 nitrogen and oxygen atoms in total. The zero-order chi connectivity index (χ0) is 13.9. The summed E-state index contributed by atoms with van der Waals surface area (Å²) in [7, 11) is 0. The number of nitrogens with zero attached hydrogens (tertiary/aromatic N) is 2. The van der Waals surface area contributed by atoms with Crippen molar-refractivity contribution in [2.75, 3.05) is 18.0 Å². The Labute approximate surface area is 126 Å². The zero-order valence-corrected chi connectivity index (χ0v) is 13.6. The van der Waals surface area contributed by atoms with E-state index in [0.29, 0.717) is 0 Å². The number of anilines is 1. The van der Waals surface area contributed by atoms with E-state index in [0.717, 1.165) is 24.4 Å². The van der Waals surface area contributed by atoms with Gasteiger partial charge in [0.2, 0.25) is 0 Å². The van der Waals surface area contributed by atoms with E-state index in [9.17, 15) is 0 Å². The van der Waals surface area contributed by atoms with Gasteiger partial charge in [0.25, 0.3) is 0 Å². The fourth-order valence-corrected chi connectivity index (χ4v) is 3.95. The molecule has 0 spiro atoms. The predicted octanol–water partition coefficient (Wildman–Crippen LogP) is 3.66. The molecule has 2 heterocycles. The van der Waals surface area contributed by atoms with Crippen molar-refractivity contribution in [2.24, 2.45) is 11.8 Å². The summed E-state index contributed by atoms with van der Waals surface area (Å²) in [6.45, 7) is 8.11. The second-order valence-corrected chi connectivity index (χ2v) is 7.78. The van der Waals surface area contributed by atoms with Crippen LogP contribution in [-0.2, 0) is 6.54 Å². The van der Waals surface area contributed by atoms with Crippen LogP contribution in [0.25, 0.3) is 0 Å². The van der Waals surface area contributed by atoms with Crippen LogP contribution < -0.4 is 10.2 Å². The molecule has 0 bridgehead atoms. The lowest BCUT2D eigenvalue weighted by Gasteiger charge is -2.20. The second kappa shape index (κ2) is 6.44. The van der Waals surface area contributed by atoms with E-state index in [1.54, 1.807) is 0 Å². The summed E-state index contributed by atoms with van der Waals surface area (Å²) in [5, 5.41) is 4.81. The third-order valence-electron chi connectivity index (χ3n) is 4.67. The van der Waals surface area contributed by atoms with E-state index >= 15 is 0 Å². The molecule has 1 saturated carbocycles. The molecule has 0 radical (unpaired) electrons. The fraction of sp³-hybridized carbons (Fsp3) is 0.812. The zero-order valence-electron chi connectivity index (χ0n) is 12.8. The van der Waals surface area contributed by atoms with Crippen LogP contribution in [0.3, 0.4) is 0 Å². The Balaban J connectivity index is 1.55. The molecule has 1 saturated heterocycles. The summed E-state index contributed by atoms with van der Waals surface area (Å²) in [5.41, 5.74) is 0. The summed E-state index contributed by atoms with van der Waals surface area (Å²) < 4.78 is 0. The lowest BCUT2D eigenvalue weighted by molar-refractivity contribution is 0.351. The van der Waals surface area contributed by atoms with Gasteiger partial charge in [-0.2, -0.15) is 0 Å². The van der Waals surface area contributed by atoms with Gasteiger partial charge in [-0.15, -0.1) is 11.3 Å². The van der Waals surface area contributed by atoms with Crippen molar-refractivity contribution >= 4 is 16.5 Å². The number of aromatic nitrogens is 1. The van der Waals surface area contributed by atoms with Gasteiger partial charge >= 0.3 is 0 Å². The molecule has 1 N–H and O–H groups in total. The number of rotatable bonds is 5. The Morgan fingerprint density at radius 2 is 2.15 bits per heavy atom. The average molecular weight is 293 g/mol. The van der Waals surface area contributed by atoms with Crippen LogP contribution in [0.2, 0.25) is 0 Å². The third-order valence-corrected chi connectivity index (χ3v) is 5.73. The Bertz CT molecular complexity index is 425. The average Bonchev–Trinajstić information content (AvgIpc) is 3.19. The SMILES string of the molecule is CC(C)C1CCCN(c2ncc(CNC3CC3)s2)CC1. The summed E-state index contributed by atoms with van der Waals surface area (Å²) in [6, 6.07) is 0.783. The first-order chi connectivity index (χ1) is 9.72. The molecule has 0 aromatic carbocycles. The predicted molar refractivity (Wildman–Crippen MR) is 86.4 cm³/mol. The van der Waals surface area contributed by atoms with E-state index in [1.165, 1.54) is 55.2 Å². The largest absolute Gasteiger partial charge is 0.348 e. The first-order valence-electron chi connectivity index (χ1n) is 8.15. The molecular weight excluding hydrogens is 266 g/mol. The van der Waals surface area contributed by atoms with Gasteiger partial charge in [-0.25, -0.2) is 4.98 Å². The fourth-order valence-electron chi connectivity index (χ4n) is 3.04. The molecule has 1 aliphatic heterocycles. The van der Waals surface area contributed by atoms with Gasteiger partial charge in [-0.1, -0.05) is 13.8 Å². The van der Waals surface area contributed by atoms with E-state index in [1.807, 2.05) is 11.3 Å². The quantitative estimate of drug-likeness (QED) is 0.898. The summed E-state index contributed by atoms with van der Waals surface area (Å²) in [6.07, 6.45) is 8.81. The van der Waals surface area contributed by atoms with Gasteiger partial charge in [-0.3, -0.25) is 0 Å². The van der Waals surface area contributed by atoms with Gasteiger partial charge in [0, 0.05) is 36.8 Å². The van der Waals surface area contributed by atoms with E-state index in [4.69, 9.17) is 0 Å². The molecule has 2 fully saturated rings. The Morgan fingerprint density at radius 1 is 1.30 bits per heavy atom. The minimum Gasteiger partial charge on any atom is -0.348 e. The monoisotopic (exact) mass is 293 g/mol. The molecule has 1 aromatic rings. The molecule has 1 unspecified atom stereocenters. The lowest BCUT2D eigenvalue weighted by atomic mass is 9.89. The topological polar surface area (TPSA) is 28.2 Å². The minimum atomic E-state index is 0.783. The van der Waals surface area contributed by atoms with Gasteiger partial charge in [-0.05, 0) is 43.9 Å². The highest BCUT2D eigenvalue weighted by molar-refractivity contribution is 7.15. The van der Waals surface area contributed by atoms with Crippen LogP contribution in [0.1, 0.15) is 50.8 Å². The maximum Gasteiger partial charge on any atom is 0.185 e. The summed E-state index contributed by atoms with van der Waals surface area (Å²) >= 11 is 1.88. The summed E-state index contributed by atoms with van der Waals surface area (Å²) in [5.74, 6) is 1.72. The van der Waals surface area contributed by atoms with Crippen molar-refractivity contribution in [1.82, 2.24) is 10.3 Å². The maximum atomic E-state index is 4.65. The standard InChI is InChI=1S/C16H27N3S/c1-12(2)13-4-3-8-19(9-7-13)16-18-11-15(20-16)10-17-14-5-6-14/h11-14,17H,3-10H2,1-2H3. The molecule has 0 amide bonds. The van der Waals surface area contributed by atoms with Crippen molar-refractivity contribution < 1.29 is 0 Å².